The molecule has 0 aromatic carbocycles. The Hall–Kier alpha value is -7.29. The average molecular weight is 1940 g/mol. The topological polar surface area (TPSA) is 282 Å². The van der Waals surface area contributed by atoms with Crippen LogP contribution in [-0.2, 0) is 52.9 Å². The van der Waals surface area contributed by atoms with Crippen LogP contribution in [-0.4, -0.2) is 189 Å². The number of ether oxygens (including phenoxy) is 1. The SMILES string of the molecule is CC(C)(C)c1ccc(C(=O)N2CCC(N)C2)s1.CC(C)(C)c1ccc(C(=O)N2CCC(N3CCCC3)CC2)s1.CC(C)(C)c1ccc(C(=O)N2CCCCC2)s1.CC(C)(C)c1ccc(C(=O)NCC(=O)O)s1.CCCNC(=O)c1ccc(C(C)(C)C)s1.CCNC(=O)c1ccc(C(C)(C)C)s1.CNC(=O)c1ccc(C(C)(C)C)s1.COCCNC(=O)c1ccc(C(C)(C)C)s1. The lowest BCUT2D eigenvalue weighted by atomic mass is 9.95. The number of hydrogen-bond donors (Lipinski definition) is 7. The van der Waals surface area contributed by atoms with Crippen LogP contribution in [0.15, 0.2) is 97.1 Å². The lowest BCUT2D eigenvalue weighted by Crippen LogP contribution is -2.45. The van der Waals surface area contributed by atoms with E-state index in [4.69, 9.17) is 15.6 Å². The molecule has 0 aliphatic carbocycles. The van der Waals surface area contributed by atoms with Gasteiger partial charge in [0.1, 0.15) is 6.54 Å². The Balaban J connectivity index is 0.000000264. The number of aliphatic carboxylic acids is 1. The molecule has 4 fully saturated rings. The minimum atomic E-state index is -1.04. The molecule has 1 atom stereocenters. The first-order valence-electron chi connectivity index (χ1n) is 45.7. The summed E-state index contributed by atoms with van der Waals surface area (Å²) < 4.78 is 4.88. The number of carbonyl (C=O) groups is 9. The highest BCUT2D eigenvalue weighted by molar-refractivity contribution is 7.16. The number of likely N-dealkylation sites (tertiary alicyclic amines) is 4. The van der Waals surface area contributed by atoms with Crippen LogP contribution < -0.4 is 32.3 Å². The molecule has 4 aliphatic heterocycles. The zero-order chi connectivity index (χ0) is 97.7. The van der Waals surface area contributed by atoms with Crippen LogP contribution in [0.3, 0.4) is 0 Å². The second-order valence-corrected chi connectivity index (χ2v) is 49.9. The molecule has 8 amide bonds. The zero-order valence-corrected chi connectivity index (χ0v) is 89.6. The summed E-state index contributed by atoms with van der Waals surface area (Å²) in [4.78, 5) is 130. The number of nitrogens with two attached hydrogens (primary N) is 1. The number of nitrogens with zero attached hydrogens (tertiary/aromatic N) is 4. The minimum absolute atomic E-state index is 0.000463. The normalized spacial score (nSPS) is 15.1. The molecule has 0 spiro atoms. The molecule has 29 heteroatoms. The molecule has 0 radical (unpaired) electrons. The molecule has 21 nitrogen and oxygen atoms in total. The van der Waals surface area contributed by atoms with Gasteiger partial charge in [0.25, 0.3) is 47.3 Å². The minimum Gasteiger partial charge on any atom is -0.480 e. The molecule has 0 bridgehead atoms. The van der Waals surface area contributed by atoms with Crippen molar-refractivity contribution in [1.29, 1.82) is 0 Å². The van der Waals surface area contributed by atoms with Gasteiger partial charge in [0.15, 0.2) is 0 Å². The first kappa shape index (κ1) is 113. The van der Waals surface area contributed by atoms with Gasteiger partial charge >= 0.3 is 5.97 Å². The monoisotopic (exact) mass is 1940 g/mol. The molecule has 722 valence electrons. The first-order valence-corrected chi connectivity index (χ1v) is 52.2. The van der Waals surface area contributed by atoms with E-state index in [1.165, 1.54) is 77.8 Å². The highest BCUT2D eigenvalue weighted by Gasteiger charge is 2.33. The number of nitrogens with one attached hydrogen (secondary N) is 5. The molecule has 12 rings (SSSR count). The molecule has 8 aromatic heterocycles. The number of carboxylic acid groups (broad SMARTS) is 1. The summed E-state index contributed by atoms with van der Waals surface area (Å²) in [5.41, 5.74) is 6.74. The third-order valence-corrected chi connectivity index (χ3v) is 33.2. The standard InChI is InChI=1S/C18H28N2OS.C14H21NOS.C13H20N2OS.C12H19NO2S.C12H19NOS.C11H15NO3S.C11H17NOS.C10H15NOS/c1-18(2,3)16-7-6-15(22-16)17(21)20-12-8-14(9-13-20)19-10-4-5-11-19;1-14(2,3)12-8-7-11(17-12)13(16)15-9-5-4-6-10-15;1-13(2,3)11-5-4-10(17-11)12(16)15-7-6-9(14)8-15;1-12(2,3)10-6-5-9(16-10)11(14)13-7-8-15-4;1-5-8-13-11(14)9-6-7-10(15-9)12(2,3)4;1-11(2,3)8-5-4-7(16-8)10(15)12-6-9(13)14;1-5-12-10(13)8-6-7-9(14-8)11(2,3)4;1-10(2,3)8-6-5-7(13-8)9(12)11-4/h6-7,14H,4-5,8-13H2,1-3H3;7-8H,4-6,9-10H2,1-3H3;4-5,9H,6-8,14H2,1-3H3;5-6H,7-8H2,1-4H3,(H,13,14);6-7H,5,8H2,1-4H3,(H,13,14);4-5H,6H2,1-3H3,(H,12,15)(H,13,14);6-7H,5H2,1-4H3,(H,12,13);5-6H,1-4H3,(H,11,12). The van der Waals surface area contributed by atoms with E-state index in [9.17, 15) is 43.2 Å². The Bertz CT molecular complexity index is 4790. The molecule has 130 heavy (non-hydrogen) atoms. The van der Waals surface area contributed by atoms with Crippen molar-refractivity contribution in [2.24, 2.45) is 5.73 Å². The van der Waals surface area contributed by atoms with Gasteiger partial charge in [-0.05, 0) is 218 Å². The van der Waals surface area contributed by atoms with E-state index >= 15 is 0 Å². The lowest BCUT2D eigenvalue weighted by Gasteiger charge is -2.36. The van der Waals surface area contributed by atoms with Crippen LogP contribution in [0.5, 0.6) is 0 Å². The maximum absolute atomic E-state index is 12.7. The van der Waals surface area contributed by atoms with Gasteiger partial charge < -0.3 is 61.8 Å². The van der Waals surface area contributed by atoms with Gasteiger partial charge in [0.2, 0.25) is 0 Å². The van der Waals surface area contributed by atoms with E-state index in [-0.39, 0.29) is 103 Å². The van der Waals surface area contributed by atoms with Gasteiger partial charge in [-0.3, -0.25) is 43.2 Å². The second-order valence-electron chi connectivity index (χ2n) is 41.3. The second kappa shape index (κ2) is 51.4. The fraction of sp³-hybridized carbons (Fsp3) is 0.594. The van der Waals surface area contributed by atoms with E-state index in [1.807, 2.05) is 89.5 Å². The van der Waals surface area contributed by atoms with Crippen molar-refractivity contribution < 1.29 is 53.0 Å². The van der Waals surface area contributed by atoms with Gasteiger partial charge in [-0.25, -0.2) is 0 Å². The molecule has 4 saturated heterocycles. The van der Waals surface area contributed by atoms with Crippen LogP contribution in [0, 0.1) is 0 Å². The predicted octanol–water partition coefficient (Wildman–Crippen LogP) is 22.3. The molecule has 4 aliphatic rings. The number of carboxylic acids is 1. The van der Waals surface area contributed by atoms with Gasteiger partial charge in [0.05, 0.1) is 45.6 Å². The first-order chi connectivity index (χ1) is 60.4. The molecular formula is C101H154N10O11S8. The van der Waals surface area contributed by atoms with Crippen LogP contribution >= 0.6 is 90.7 Å². The highest BCUT2D eigenvalue weighted by atomic mass is 32.1. The van der Waals surface area contributed by atoms with E-state index in [1.54, 1.807) is 99.6 Å². The van der Waals surface area contributed by atoms with Crippen LogP contribution in [0.2, 0.25) is 0 Å². The smallest absolute Gasteiger partial charge is 0.322 e. The van der Waals surface area contributed by atoms with E-state index < -0.39 is 5.97 Å². The Labute approximate surface area is 810 Å². The molecule has 1 unspecified atom stereocenters. The fourth-order valence-electron chi connectivity index (χ4n) is 13.3. The third kappa shape index (κ3) is 37.9. The van der Waals surface area contributed by atoms with E-state index in [2.05, 4.69) is 228 Å². The number of methoxy groups -OCH3 is 1. The summed E-state index contributed by atoms with van der Waals surface area (Å²) in [6.45, 7) is 65.6. The van der Waals surface area contributed by atoms with Crippen molar-refractivity contribution in [1.82, 2.24) is 46.2 Å². The van der Waals surface area contributed by atoms with Crippen molar-refractivity contribution in [3.63, 3.8) is 0 Å². The lowest BCUT2D eigenvalue weighted by molar-refractivity contribution is -0.135. The van der Waals surface area contributed by atoms with Crippen molar-refractivity contribution in [2.75, 3.05) is 99.3 Å². The number of amides is 8. The number of rotatable bonds is 17. The van der Waals surface area contributed by atoms with Gasteiger partial charge in [0, 0.05) is 124 Å². The van der Waals surface area contributed by atoms with Crippen molar-refractivity contribution in [2.45, 2.75) is 293 Å². The van der Waals surface area contributed by atoms with Gasteiger partial charge in [-0.1, -0.05) is 173 Å². The Kier molecular flexibility index (Phi) is 44.8. The Morgan fingerprint density at radius 1 is 0.354 bits per heavy atom. The summed E-state index contributed by atoms with van der Waals surface area (Å²) in [6, 6.07) is 32.4. The Morgan fingerprint density at radius 2 is 0.623 bits per heavy atom. The largest absolute Gasteiger partial charge is 0.480 e. The van der Waals surface area contributed by atoms with E-state index in [0.29, 0.717) is 37.2 Å². The maximum atomic E-state index is 12.7. The number of carbonyl (C=O) groups excluding carboxylic acids is 8. The third-order valence-electron chi connectivity index (χ3n) is 21.2. The van der Waals surface area contributed by atoms with Crippen molar-refractivity contribution in [3.8, 4) is 0 Å². The summed E-state index contributed by atoms with van der Waals surface area (Å²) in [6.07, 6.45) is 10.5. The average Bonchev–Trinajstić information content (AvgIpc) is 1.67. The summed E-state index contributed by atoms with van der Waals surface area (Å²) in [7, 11) is 3.27. The van der Waals surface area contributed by atoms with Gasteiger partial charge in [-0.15, -0.1) is 90.7 Å². The summed E-state index contributed by atoms with van der Waals surface area (Å²) in [5, 5.41) is 21.9. The van der Waals surface area contributed by atoms with Gasteiger partial charge in [-0.2, -0.15) is 0 Å². The van der Waals surface area contributed by atoms with Crippen LogP contribution in [0.4, 0.5) is 0 Å². The predicted molar refractivity (Wildman–Crippen MR) is 550 cm³/mol. The zero-order valence-electron chi connectivity index (χ0n) is 83.1. The summed E-state index contributed by atoms with van der Waals surface area (Å²) >= 11 is 12.6. The molecule has 8 N–H and O–H groups in total. The molecule has 8 aromatic rings. The quantitative estimate of drug-likeness (QED) is 0.0418. The summed E-state index contributed by atoms with van der Waals surface area (Å²) in [5.74, 6) is -0.698. The Morgan fingerprint density at radius 3 is 0.900 bits per heavy atom. The van der Waals surface area contributed by atoms with Crippen LogP contribution in [0.25, 0.3) is 0 Å². The fourth-order valence-corrected chi connectivity index (χ4v) is 21.3. The maximum Gasteiger partial charge on any atom is 0.322 e. The van der Waals surface area contributed by atoms with E-state index in [0.717, 1.165) is 117 Å². The molecule has 12 heterocycles. The highest BCUT2D eigenvalue weighted by Crippen LogP contribution is 2.38. The number of piperidine rings is 2. The van der Waals surface area contributed by atoms with Crippen molar-refractivity contribution in [3.05, 3.63) is 175 Å². The van der Waals surface area contributed by atoms with Crippen molar-refractivity contribution >= 4 is 144 Å². The number of hydrogen-bond acceptors (Lipinski definition) is 20. The number of thiophene rings is 8. The molecule has 0 saturated carbocycles. The van der Waals surface area contributed by atoms with Crippen LogP contribution in [0.1, 0.15) is 354 Å². The molecular weight excluding hydrogens is 1790 g/mol.